The maximum Gasteiger partial charge on any atom is 0.0898 e. The van der Waals surface area contributed by atoms with Crippen molar-refractivity contribution < 1.29 is 9.84 Å². The average Bonchev–Trinajstić information content (AvgIpc) is 3.05. The smallest absolute Gasteiger partial charge is 0.0898 e. The minimum atomic E-state index is -0.501. The van der Waals surface area contributed by atoms with Gasteiger partial charge in [0.15, 0.2) is 0 Å². The fourth-order valence-corrected chi connectivity index (χ4v) is 2.15. The van der Waals surface area contributed by atoms with Crippen LogP contribution in [0.2, 0.25) is 0 Å². The lowest BCUT2D eigenvalue weighted by molar-refractivity contribution is 0.00560. The number of hydrogen-bond acceptors (Lipinski definition) is 4. The highest BCUT2D eigenvalue weighted by molar-refractivity contribution is 5.36. The van der Waals surface area contributed by atoms with Crippen molar-refractivity contribution in [2.45, 2.75) is 39.0 Å². The molecule has 1 aromatic heterocycles. The summed E-state index contributed by atoms with van der Waals surface area (Å²) in [6.45, 7) is 6.86. The Morgan fingerprint density at radius 1 is 1.27 bits per heavy atom. The summed E-state index contributed by atoms with van der Waals surface area (Å²) in [5, 5.41) is 17.5. The fraction of sp³-hybridized carbons (Fsp3) is 0.471. The van der Waals surface area contributed by atoms with Gasteiger partial charge >= 0.3 is 0 Å². The second kappa shape index (κ2) is 8.08. The van der Waals surface area contributed by atoms with E-state index in [0.29, 0.717) is 13.2 Å². The van der Waals surface area contributed by atoms with Crippen LogP contribution < -0.4 is 5.32 Å². The zero-order chi connectivity index (χ0) is 15.9. The van der Waals surface area contributed by atoms with Crippen LogP contribution in [0.3, 0.4) is 0 Å². The Morgan fingerprint density at radius 3 is 2.77 bits per heavy atom. The number of rotatable bonds is 8. The minimum Gasteiger partial charge on any atom is -0.389 e. The molecule has 2 rings (SSSR count). The number of aliphatic hydroxyl groups is 1. The quantitative estimate of drug-likeness (QED) is 0.785. The van der Waals surface area contributed by atoms with Gasteiger partial charge in [0.1, 0.15) is 0 Å². The van der Waals surface area contributed by atoms with Crippen molar-refractivity contribution in [1.82, 2.24) is 15.1 Å². The van der Waals surface area contributed by atoms with Crippen molar-refractivity contribution >= 4 is 0 Å². The average molecular weight is 303 g/mol. The maximum atomic E-state index is 9.90. The van der Waals surface area contributed by atoms with Crippen molar-refractivity contribution in [3.05, 3.63) is 48.3 Å². The summed E-state index contributed by atoms with van der Waals surface area (Å²) in [6.07, 6.45) is 3.32. The summed E-state index contributed by atoms with van der Waals surface area (Å²) in [7, 11) is 0. The molecule has 0 bridgehead atoms. The molecule has 0 saturated heterocycles. The van der Waals surface area contributed by atoms with E-state index in [1.807, 2.05) is 42.9 Å². The summed E-state index contributed by atoms with van der Waals surface area (Å²) < 4.78 is 7.24. The molecule has 2 N–H and O–H groups in total. The van der Waals surface area contributed by atoms with E-state index in [-0.39, 0.29) is 12.1 Å². The molecule has 0 aliphatic heterocycles. The highest BCUT2D eigenvalue weighted by Gasteiger charge is 2.10. The van der Waals surface area contributed by atoms with Crippen LogP contribution in [0.4, 0.5) is 0 Å². The summed E-state index contributed by atoms with van der Waals surface area (Å²) in [5.41, 5.74) is 2.19. The monoisotopic (exact) mass is 303 g/mol. The summed E-state index contributed by atoms with van der Waals surface area (Å²) >= 11 is 0. The second-order valence-corrected chi connectivity index (χ2v) is 5.71. The first kappa shape index (κ1) is 16.7. The minimum absolute atomic E-state index is 0.137. The SMILES string of the molecule is CC(C)OCC(O)CNC(C)c1cccc(-n2cccn2)c1. The van der Waals surface area contributed by atoms with Crippen LogP contribution in [0.25, 0.3) is 5.69 Å². The van der Waals surface area contributed by atoms with Gasteiger partial charge in [0.2, 0.25) is 0 Å². The molecule has 5 heteroatoms. The van der Waals surface area contributed by atoms with Gasteiger partial charge in [0, 0.05) is 25.0 Å². The van der Waals surface area contributed by atoms with Crippen LogP contribution in [0.5, 0.6) is 0 Å². The van der Waals surface area contributed by atoms with Crippen LogP contribution in [0.15, 0.2) is 42.7 Å². The number of nitrogens with zero attached hydrogens (tertiary/aromatic N) is 2. The number of nitrogens with one attached hydrogen (secondary N) is 1. The van der Waals surface area contributed by atoms with Gasteiger partial charge in [-0.2, -0.15) is 5.10 Å². The molecule has 22 heavy (non-hydrogen) atoms. The molecule has 0 aliphatic carbocycles. The van der Waals surface area contributed by atoms with Gasteiger partial charge < -0.3 is 15.2 Å². The van der Waals surface area contributed by atoms with Crippen molar-refractivity contribution in [3.63, 3.8) is 0 Å². The first-order valence-corrected chi connectivity index (χ1v) is 7.69. The molecule has 0 fully saturated rings. The third kappa shape index (κ3) is 4.94. The Kier molecular flexibility index (Phi) is 6.12. The van der Waals surface area contributed by atoms with Crippen LogP contribution in [0.1, 0.15) is 32.4 Å². The third-order valence-corrected chi connectivity index (χ3v) is 3.42. The molecule has 1 heterocycles. The molecule has 1 aromatic carbocycles. The van der Waals surface area contributed by atoms with Crippen LogP contribution in [-0.4, -0.2) is 40.2 Å². The first-order valence-electron chi connectivity index (χ1n) is 7.69. The van der Waals surface area contributed by atoms with Crippen LogP contribution in [-0.2, 0) is 4.74 Å². The van der Waals surface area contributed by atoms with E-state index in [1.165, 1.54) is 0 Å². The molecule has 0 spiro atoms. The van der Waals surface area contributed by atoms with E-state index in [0.717, 1.165) is 11.3 Å². The molecule has 0 amide bonds. The number of aliphatic hydroxyl groups excluding tert-OH is 1. The van der Waals surface area contributed by atoms with Crippen LogP contribution >= 0.6 is 0 Å². The summed E-state index contributed by atoms with van der Waals surface area (Å²) in [4.78, 5) is 0. The maximum absolute atomic E-state index is 9.90. The lowest BCUT2D eigenvalue weighted by Gasteiger charge is -2.19. The Morgan fingerprint density at radius 2 is 2.09 bits per heavy atom. The molecule has 5 nitrogen and oxygen atoms in total. The molecular formula is C17H25N3O2. The zero-order valence-electron chi connectivity index (χ0n) is 13.4. The van der Waals surface area contributed by atoms with Gasteiger partial charge in [-0.05, 0) is 44.5 Å². The van der Waals surface area contributed by atoms with Gasteiger partial charge in [-0.3, -0.25) is 0 Å². The van der Waals surface area contributed by atoms with E-state index in [4.69, 9.17) is 4.74 Å². The number of ether oxygens (including phenoxy) is 1. The van der Waals surface area contributed by atoms with Crippen molar-refractivity contribution in [2.75, 3.05) is 13.2 Å². The normalized spacial score (nSPS) is 14.2. The van der Waals surface area contributed by atoms with Gasteiger partial charge in [0.25, 0.3) is 0 Å². The van der Waals surface area contributed by atoms with Crippen molar-refractivity contribution in [2.24, 2.45) is 0 Å². The second-order valence-electron chi connectivity index (χ2n) is 5.71. The van der Waals surface area contributed by atoms with Crippen LogP contribution in [0, 0.1) is 0 Å². The Balaban J connectivity index is 1.90. The van der Waals surface area contributed by atoms with Gasteiger partial charge in [-0.15, -0.1) is 0 Å². The predicted octanol–water partition coefficient (Wildman–Crippen LogP) is 2.31. The lowest BCUT2D eigenvalue weighted by Crippen LogP contribution is -2.32. The van der Waals surface area contributed by atoms with Gasteiger partial charge in [-0.25, -0.2) is 4.68 Å². The van der Waals surface area contributed by atoms with E-state index in [2.05, 4.69) is 29.5 Å². The standard InChI is InChI=1S/C17H25N3O2/c1-13(2)22-12-17(21)11-18-14(3)15-6-4-7-16(10-15)20-9-5-8-19-20/h4-10,13-14,17-18,21H,11-12H2,1-3H3. The number of aromatic nitrogens is 2. The van der Waals surface area contributed by atoms with E-state index < -0.39 is 6.10 Å². The zero-order valence-corrected chi connectivity index (χ0v) is 13.4. The summed E-state index contributed by atoms with van der Waals surface area (Å²) in [6, 6.07) is 10.3. The highest BCUT2D eigenvalue weighted by atomic mass is 16.5. The fourth-order valence-electron chi connectivity index (χ4n) is 2.15. The van der Waals surface area contributed by atoms with E-state index in [1.54, 1.807) is 6.20 Å². The van der Waals surface area contributed by atoms with Gasteiger partial charge in [0.05, 0.1) is 24.5 Å². The topological polar surface area (TPSA) is 59.3 Å². The molecular weight excluding hydrogens is 278 g/mol. The highest BCUT2D eigenvalue weighted by Crippen LogP contribution is 2.16. The third-order valence-electron chi connectivity index (χ3n) is 3.42. The summed E-state index contributed by atoms with van der Waals surface area (Å²) in [5.74, 6) is 0. The molecule has 0 radical (unpaired) electrons. The lowest BCUT2D eigenvalue weighted by atomic mass is 10.1. The predicted molar refractivity (Wildman–Crippen MR) is 87.1 cm³/mol. The largest absolute Gasteiger partial charge is 0.389 e. The Bertz CT molecular complexity index is 555. The Hall–Kier alpha value is -1.69. The number of benzene rings is 1. The van der Waals surface area contributed by atoms with E-state index >= 15 is 0 Å². The van der Waals surface area contributed by atoms with Crippen molar-refractivity contribution in [1.29, 1.82) is 0 Å². The molecule has 120 valence electrons. The van der Waals surface area contributed by atoms with Crippen molar-refractivity contribution in [3.8, 4) is 5.69 Å². The molecule has 2 atom stereocenters. The van der Waals surface area contributed by atoms with E-state index in [9.17, 15) is 5.11 Å². The molecule has 0 aliphatic rings. The first-order chi connectivity index (χ1) is 10.6. The van der Waals surface area contributed by atoms with Gasteiger partial charge in [-0.1, -0.05) is 12.1 Å². The molecule has 2 unspecified atom stereocenters. The Labute approximate surface area is 131 Å². The molecule has 2 aromatic rings. The molecule has 0 saturated carbocycles. The number of hydrogen-bond donors (Lipinski definition) is 2.